The van der Waals surface area contributed by atoms with Crippen molar-refractivity contribution in [1.29, 1.82) is 0 Å². The number of carbonyl (C=O) groups is 2. The van der Waals surface area contributed by atoms with Crippen LogP contribution in [0.3, 0.4) is 0 Å². The van der Waals surface area contributed by atoms with Crippen molar-refractivity contribution < 1.29 is 19.5 Å². The number of ether oxygens (including phenoxy) is 1. The molecule has 1 aliphatic heterocycles. The van der Waals surface area contributed by atoms with Gasteiger partial charge in [-0.25, -0.2) is 4.79 Å². The Balaban J connectivity index is 1.68. The first kappa shape index (κ1) is 20.4. The van der Waals surface area contributed by atoms with Crippen molar-refractivity contribution in [2.45, 2.75) is 44.6 Å². The number of carbonyl (C=O) groups excluding carboxylic acids is 2. The number of amides is 1. The number of benzene rings is 1. The summed E-state index contributed by atoms with van der Waals surface area (Å²) in [6, 6.07) is 4.47. The monoisotopic (exact) mass is 390 g/mol. The van der Waals surface area contributed by atoms with Crippen LogP contribution in [-0.2, 0) is 9.53 Å². The van der Waals surface area contributed by atoms with E-state index in [4.69, 9.17) is 9.94 Å². The average Bonchev–Trinajstić information content (AvgIpc) is 2.70. The Kier molecular flexibility index (Phi) is 6.41. The smallest absolute Gasteiger partial charge is 0.340 e. The maximum absolute atomic E-state index is 12.7. The van der Waals surface area contributed by atoms with Crippen LogP contribution in [0.15, 0.2) is 18.2 Å². The number of piperidine rings is 1. The van der Waals surface area contributed by atoms with E-state index in [-0.39, 0.29) is 35.0 Å². The van der Waals surface area contributed by atoms with Crippen molar-refractivity contribution >= 4 is 23.3 Å². The zero-order chi connectivity index (χ0) is 20.3. The molecule has 2 fully saturated rings. The van der Waals surface area contributed by atoms with Gasteiger partial charge >= 0.3 is 5.97 Å². The average molecular weight is 390 g/mol. The van der Waals surface area contributed by atoms with Crippen molar-refractivity contribution in [2.24, 2.45) is 5.92 Å². The van der Waals surface area contributed by atoms with Gasteiger partial charge in [-0.05, 0) is 49.8 Å². The predicted molar refractivity (Wildman–Crippen MR) is 105 cm³/mol. The molecular weight excluding hydrogens is 362 g/mol. The van der Waals surface area contributed by atoms with Crippen LogP contribution in [0.4, 0.5) is 11.4 Å². The van der Waals surface area contributed by atoms with Gasteiger partial charge in [-0.15, -0.1) is 0 Å². The fourth-order valence-corrected chi connectivity index (χ4v) is 4.42. The summed E-state index contributed by atoms with van der Waals surface area (Å²) in [5.41, 5.74) is 0.581. The molecule has 0 aromatic heterocycles. The van der Waals surface area contributed by atoms with Crippen LogP contribution < -0.4 is 10.1 Å². The summed E-state index contributed by atoms with van der Waals surface area (Å²) in [5, 5.41) is 20.0. The Morgan fingerprint density at radius 1 is 1.21 bits per heavy atom. The molecule has 1 saturated heterocycles. The molecule has 8 nitrogen and oxygen atoms in total. The molecule has 154 valence electrons. The van der Waals surface area contributed by atoms with Gasteiger partial charge in [0, 0.05) is 26.7 Å². The van der Waals surface area contributed by atoms with E-state index in [9.17, 15) is 14.8 Å². The number of fused-ring (bicyclic) bond motifs is 1. The number of esters is 1. The second-order valence-corrected chi connectivity index (χ2v) is 7.79. The topological polar surface area (TPSA) is 96.4 Å². The van der Waals surface area contributed by atoms with E-state index >= 15 is 0 Å². The molecule has 1 amide bonds. The van der Waals surface area contributed by atoms with Crippen molar-refractivity contribution in [2.75, 3.05) is 37.4 Å². The van der Waals surface area contributed by atoms with E-state index in [1.807, 2.05) is 4.90 Å². The number of hydrogen-bond acceptors (Lipinski definition) is 7. The van der Waals surface area contributed by atoms with Crippen LogP contribution in [0.5, 0.6) is 0 Å². The number of nitrogens with zero attached hydrogens (tertiary/aromatic N) is 3. The highest BCUT2D eigenvalue weighted by Crippen LogP contribution is 2.35. The summed E-state index contributed by atoms with van der Waals surface area (Å²) in [5.74, 6) is -0.301. The van der Waals surface area contributed by atoms with Crippen LogP contribution in [0, 0.1) is 11.1 Å². The number of anilines is 2. The van der Waals surface area contributed by atoms with Gasteiger partial charge < -0.3 is 25.0 Å². The molecule has 2 atom stereocenters. The van der Waals surface area contributed by atoms with Crippen molar-refractivity contribution in [3.63, 3.8) is 0 Å². The van der Waals surface area contributed by atoms with E-state index in [0.29, 0.717) is 18.2 Å². The molecule has 8 heteroatoms. The first-order valence-corrected chi connectivity index (χ1v) is 9.82. The van der Waals surface area contributed by atoms with E-state index in [1.165, 1.54) is 31.4 Å². The van der Waals surface area contributed by atoms with E-state index in [1.54, 1.807) is 25.1 Å². The van der Waals surface area contributed by atoms with Gasteiger partial charge in [0.1, 0.15) is 0 Å². The van der Waals surface area contributed by atoms with Gasteiger partial charge in [-0.1, -0.05) is 12.8 Å². The lowest BCUT2D eigenvalue weighted by atomic mass is 9.78. The second kappa shape index (κ2) is 8.79. The Morgan fingerprint density at radius 3 is 2.64 bits per heavy atom. The molecule has 0 bridgehead atoms. The lowest BCUT2D eigenvalue weighted by Gasteiger charge is -2.44. The molecule has 0 spiro atoms. The number of hydrogen-bond donors (Lipinski definition) is 1. The molecule has 2 aliphatic rings. The van der Waals surface area contributed by atoms with Crippen molar-refractivity contribution in [3.05, 3.63) is 29.0 Å². The lowest BCUT2D eigenvalue weighted by Crippen LogP contribution is -2.50. The first-order chi connectivity index (χ1) is 13.4. The summed E-state index contributed by atoms with van der Waals surface area (Å²) in [4.78, 5) is 28.9. The van der Waals surface area contributed by atoms with Gasteiger partial charge in [0.05, 0.1) is 16.9 Å². The predicted octanol–water partition coefficient (Wildman–Crippen LogP) is 2.78. The van der Waals surface area contributed by atoms with Crippen LogP contribution in [0.1, 0.15) is 48.9 Å². The number of rotatable bonds is 5. The molecule has 0 unspecified atom stereocenters. The Hall–Kier alpha value is -2.32. The molecule has 0 radical (unpaired) electrons. The minimum absolute atomic E-state index is 0.0787. The number of likely N-dealkylation sites (tertiary alicyclic amines) is 1. The summed E-state index contributed by atoms with van der Waals surface area (Å²) in [6.07, 6.45) is 6.71. The maximum Gasteiger partial charge on any atom is 0.340 e. The first-order valence-electron chi connectivity index (χ1n) is 9.82. The van der Waals surface area contributed by atoms with Crippen molar-refractivity contribution in [1.82, 2.24) is 4.90 Å². The summed E-state index contributed by atoms with van der Waals surface area (Å²) >= 11 is 0. The largest absolute Gasteiger partial charge is 0.733 e. The van der Waals surface area contributed by atoms with Gasteiger partial charge in [-0.3, -0.25) is 10.0 Å². The molecular formula is C20H28N3O5-. The molecule has 1 N–H and O–H groups in total. The van der Waals surface area contributed by atoms with Crippen LogP contribution in [-0.4, -0.2) is 55.3 Å². The highest BCUT2D eigenvalue weighted by molar-refractivity contribution is 5.98. The Bertz CT molecular complexity index is 720. The highest BCUT2D eigenvalue weighted by atomic mass is 16.8. The molecule has 1 aromatic carbocycles. The second-order valence-electron chi connectivity index (χ2n) is 7.79. The molecule has 28 heavy (non-hydrogen) atoms. The fraction of sp³-hybridized carbons (Fsp3) is 0.600. The van der Waals surface area contributed by atoms with E-state index in [0.717, 1.165) is 19.3 Å². The third-order valence-electron chi connectivity index (χ3n) is 5.79. The van der Waals surface area contributed by atoms with Crippen LogP contribution in [0.2, 0.25) is 0 Å². The van der Waals surface area contributed by atoms with Crippen LogP contribution in [0.25, 0.3) is 0 Å². The molecule has 1 heterocycles. The molecule has 1 aromatic rings. The Morgan fingerprint density at radius 2 is 1.93 bits per heavy atom. The molecule has 1 saturated carbocycles. The third-order valence-corrected chi connectivity index (χ3v) is 5.79. The minimum atomic E-state index is -0.696. The SMILES string of the molecule is CN(C)c1ccc(N([O-])O)cc1C(=O)OCC(=O)N1CCC[C@H]2CCCC[C@@H]21. The van der Waals surface area contributed by atoms with Gasteiger partial charge in [0.15, 0.2) is 6.61 Å². The van der Waals surface area contributed by atoms with E-state index in [2.05, 4.69) is 0 Å². The van der Waals surface area contributed by atoms with E-state index < -0.39 is 5.97 Å². The zero-order valence-electron chi connectivity index (χ0n) is 16.5. The standard InChI is InChI=1S/C20H28N3O5/c1-21(2)18-10-9-15(23(26)27)12-16(18)20(25)28-13-19(24)22-11-5-7-14-6-3-4-8-17(14)22/h9-10,12,14,17,26H,3-8,11,13H2,1-2H3/q-1/t14-,17+/m1/s1. The zero-order valence-corrected chi connectivity index (χ0v) is 16.5. The highest BCUT2D eigenvalue weighted by Gasteiger charge is 2.35. The quantitative estimate of drug-likeness (QED) is 0.610. The summed E-state index contributed by atoms with van der Waals surface area (Å²) in [7, 11) is 3.50. The summed E-state index contributed by atoms with van der Waals surface area (Å²) in [6.45, 7) is 0.394. The van der Waals surface area contributed by atoms with Crippen molar-refractivity contribution in [3.8, 4) is 0 Å². The molecule has 3 rings (SSSR count). The minimum Gasteiger partial charge on any atom is -0.733 e. The fourth-order valence-electron chi connectivity index (χ4n) is 4.42. The normalized spacial score (nSPS) is 21.6. The summed E-state index contributed by atoms with van der Waals surface area (Å²) < 4.78 is 5.29. The van der Waals surface area contributed by atoms with Gasteiger partial charge in [-0.2, -0.15) is 0 Å². The lowest BCUT2D eigenvalue weighted by molar-refractivity contribution is -0.140. The molecule has 1 aliphatic carbocycles. The Labute approximate surface area is 165 Å². The van der Waals surface area contributed by atoms with Crippen LogP contribution >= 0.6 is 0 Å². The van der Waals surface area contributed by atoms with Gasteiger partial charge in [0.25, 0.3) is 5.91 Å². The maximum atomic E-state index is 12.7. The third kappa shape index (κ3) is 4.39. The van der Waals surface area contributed by atoms with Gasteiger partial charge in [0.2, 0.25) is 0 Å².